The molecule has 2 rings (SSSR count). The van der Waals surface area contributed by atoms with E-state index in [-0.39, 0.29) is 0 Å². The van der Waals surface area contributed by atoms with Crippen molar-refractivity contribution < 1.29 is 0 Å². The van der Waals surface area contributed by atoms with Gasteiger partial charge in [-0.2, -0.15) is 0 Å². The zero-order valence-electron chi connectivity index (χ0n) is 14.4. The molecule has 0 amide bonds. The highest BCUT2D eigenvalue weighted by molar-refractivity contribution is 7.11. The van der Waals surface area contributed by atoms with E-state index in [4.69, 9.17) is 0 Å². The minimum Gasteiger partial charge on any atom is -0.308 e. The van der Waals surface area contributed by atoms with Gasteiger partial charge < -0.3 is 5.32 Å². The van der Waals surface area contributed by atoms with Gasteiger partial charge in [-0.1, -0.05) is 34.6 Å². The van der Waals surface area contributed by atoms with Gasteiger partial charge in [0.2, 0.25) is 0 Å². The third kappa shape index (κ3) is 3.88. The van der Waals surface area contributed by atoms with E-state index >= 15 is 0 Å². The van der Waals surface area contributed by atoms with Crippen molar-refractivity contribution in [2.75, 3.05) is 13.1 Å². The quantitative estimate of drug-likeness (QED) is 0.843. The maximum atomic E-state index is 3.86. The molecule has 0 bridgehead atoms. The van der Waals surface area contributed by atoms with Crippen molar-refractivity contribution >= 4 is 11.3 Å². The first kappa shape index (κ1) is 17.0. The summed E-state index contributed by atoms with van der Waals surface area (Å²) in [6.07, 6.45) is 3.60. The Morgan fingerprint density at radius 3 is 2.43 bits per heavy atom. The summed E-state index contributed by atoms with van der Waals surface area (Å²) in [6.45, 7) is 15.0. The standard InChI is InChI=1S/C18H32N2S/c1-6-15-9-10-16(21-15)12-20-13-18(7-2,8-3)19-11-17(20)14(4)5/h9-10,14,17,19H,6-8,11-13H2,1-5H3. The third-order valence-corrected chi connectivity index (χ3v) is 6.42. The Kier molecular flexibility index (Phi) is 5.87. The molecule has 1 unspecified atom stereocenters. The molecule has 3 heteroatoms. The van der Waals surface area contributed by atoms with Gasteiger partial charge in [0, 0.05) is 41.0 Å². The van der Waals surface area contributed by atoms with Crippen molar-refractivity contribution in [1.29, 1.82) is 0 Å². The Morgan fingerprint density at radius 1 is 1.24 bits per heavy atom. The molecule has 1 saturated heterocycles. The summed E-state index contributed by atoms with van der Waals surface area (Å²) in [5, 5.41) is 3.86. The lowest BCUT2D eigenvalue weighted by atomic mass is 9.86. The van der Waals surface area contributed by atoms with E-state index < -0.39 is 0 Å². The van der Waals surface area contributed by atoms with Crippen molar-refractivity contribution in [3.8, 4) is 0 Å². The molecule has 1 atom stereocenters. The molecule has 2 heterocycles. The molecule has 1 aromatic heterocycles. The highest BCUT2D eigenvalue weighted by Gasteiger charge is 2.37. The van der Waals surface area contributed by atoms with Crippen molar-refractivity contribution in [3.05, 3.63) is 21.9 Å². The summed E-state index contributed by atoms with van der Waals surface area (Å²) < 4.78 is 0. The normalized spacial score (nSPS) is 22.9. The largest absolute Gasteiger partial charge is 0.308 e. The molecule has 0 radical (unpaired) electrons. The number of thiophene rings is 1. The van der Waals surface area contributed by atoms with Crippen LogP contribution >= 0.6 is 11.3 Å². The van der Waals surface area contributed by atoms with E-state index in [0.717, 1.165) is 19.5 Å². The van der Waals surface area contributed by atoms with Crippen LogP contribution in [0.3, 0.4) is 0 Å². The van der Waals surface area contributed by atoms with Crippen LogP contribution in [0.25, 0.3) is 0 Å². The van der Waals surface area contributed by atoms with E-state index in [2.05, 4.69) is 57.0 Å². The van der Waals surface area contributed by atoms with Gasteiger partial charge >= 0.3 is 0 Å². The highest BCUT2D eigenvalue weighted by Crippen LogP contribution is 2.28. The fourth-order valence-corrected chi connectivity index (χ4v) is 4.45. The first-order chi connectivity index (χ1) is 10.0. The van der Waals surface area contributed by atoms with Gasteiger partial charge in [0.25, 0.3) is 0 Å². The number of hydrogen-bond donors (Lipinski definition) is 1. The van der Waals surface area contributed by atoms with Crippen LogP contribution < -0.4 is 5.32 Å². The summed E-state index contributed by atoms with van der Waals surface area (Å²) in [4.78, 5) is 5.78. The predicted molar refractivity (Wildman–Crippen MR) is 94.0 cm³/mol. The van der Waals surface area contributed by atoms with Crippen LogP contribution in [0.15, 0.2) is 12.1 Å². The predicted octanol–water partition coefficient (Wildman–Crippen LogP) is 4.30. The Bertz CT molecular complexity index is 434. The summed E-state index contributed by atoms with van der Waals surface area (Å²) in [7, 11) is 0. The lowest BCUT2D eigenvalue weighted by molar-refractivity contribution is 0.0451. The van der Waals surface area contributed by atoms with Crippen LogP contribution in [0.1, 0.15) is 57.2 Å². The molecule has 2 nitrogen and oxygen atoms in total. The van der Waals surface area contributed by atoms with Crippen LogP contribution in [-0.4, -0.2) is 29.6 Å². The van der Waals surface area contributed by atoms with Gasteiger partial charge in [0.15, 0.2) is 0 Å². The molecule has 1 fully saturated rings. The number of piperazine rings is 1. The SMILES string of the molecule is CCc1ccc(CN2CC(CC)(CC)NCC2C(C)C)s1. The van der Waals surface area contributed by atoms with Gasteiger partial charge in [-0.15, -0.1) is 11.3 Å². The van der Waals surface area contributed by atoms with E-state index in [1.54, 1.807) is 0 Å². The van der Waals surface area contributed by atoms with Gasteiger partial charge in [0.1, 0.15) is 0 Å². The molecule has 0 aromatic carbocycles. The first-order valence-corrected chi connectivity index (χ1v) is 9.42. The Balaban J connectivity index is 2.13. The van der Waals surface area contributed by atoms with Gasteiger partial charge in [0.05, 0.1) is 0 Å². The Labute approximate surface area is 134 Å². The van der Waals surface area contributed by atoms with Crippen LogP contribution in [0.4, 0.5) is 0 Å². The van der Waals surface area contributed by atoms with Gasteiger partial charge in [-0.25, -0.2) is 0 Å². The zero-order valence-corrected chi connectivity index (χ0v) is 15.2. The number of aryl methyl sites for hydroxylation is 1. The minimum absolute atomic E-state index is 0.316. The average molecular weight is 309 g/mol. The third-order valence-electron chi connectivity index (χ3n) is 5.21. The number of nitrogens with zero attached hydrogens (tertiary/aromatic N) is 1. The van der Waals surface area contributed by atoms with Crippen LogP contribution in [-0.2, 0) is 13.0 Å². The van der Waals surface area contributed by atoms with Crippen molar-refractivity contribution in [1.82, 2.24) is 10.2 Å². The van der Waals surface area contributed by atoms with E-state index in [1.807, 2.05) is 11.3 Å². The molecule has 0 aliphatic carbocycles. The van der Waals surface area contributed by atoms with E-state index in [0.29, 0.717) is 17.5 Å². The molecular weight excluding hydrogens is 276 g/mol. The van der Waals surface area contributed by atoms with Crippen molar-refractivity contribution in [2.45, 2.75) is 72.0 Å². The van der Waals surface area contributed by atoms with E-state index in [1.165, 1.54) is 29.1 Å². The Hall–Kier alpha value is -0.380. The maximum Gasteiger partial charge on any atom is 0.0332 e. The zero-order chi connectivity index (χ0) is 15.5. The molecule has 1 aromatic rings. The Morgan fingerprint density at radius 2 is 1.90 bits per heavy atom. The number of hydrogen-bond acceptors (Lipinski definition) is 3. The van der Waals surface area contributed by atoms with Gasteiger partial charge in [-0.3, -0.25) is 4.90 Å². The second-order valence-corrected chi connectivity index (χ2v) is 8.06. The maximum absolute atomic E-state index is 3.86. The van der Waals surface area contributed by atoms with Crippen LogP contribution in [0.2, 0.25) is 0 Å². The molecule has 1 aliphatic heterocycles. The lowest BCUT2D eigenvalue weighted by Gasteiger charge is -2.48. The van der Waals surface area contributed by atoms with E-state index in [9.17, 15) is 0 Å². The summed E-state index contributed by atoms with van der Waals surface area (Å²) in [5.74, 6) is 0.704. The lowest BCUT2D eigenvalue weighted by Crippen LogP contribution is -2.64. The topological polar surface area (TPSA) is 15.3 Å². The monoisotopic (exact) mass is 308 g/mol. The first-order valence-electron chi connectivity index (χ1n) is 8.60. The molecular formula is C18H32N2S. The highest BCUT2D eigenvalue weighted by atomic mass is 32.1. The van der Waals surface area contributed by atoms with Gasteiger partial charge in [-0.05, 0) is 37.3 Å². The fraction of sp³-hybridized carbons (Fsp3) is 0.778. The van der Waals surface area contributed by atoms with Crippen molar-refractivity contribution in [3.63, 3.8) is 0 Å². The number of rotatable bonds is 6. The summed E-state index contributed by atoms with van der Waals surface area (Å²) in [6, 6.07) is 5.30. The minimum atomic E-state index is 0.316. The molecule has 0 spiro atoms. The molecule has 1 N–H and O–H groups in total. The number of nitrogens with one attached hydrogen (secondary N) is 1. The summed E-state index contributed by atoms with van der Waals surface area (Å²) in [5.41, 5.74) is 0.316. The van der Waals surface area contributed by atoms with Crippen molar-refractivity contribution in [2.24, 2.45) is 5.92 Å². The fourth-order valence-electron chi connectivity index (χ4n) is 3.46. The smallest absolute Gasteiger partial charge is 0.0332 e. The molecule has 1 aliphatic rings. The van der Waals surface area contributed by atoms with Crippen LogP contribution in [0, 0.1) is 5.92 Å². The summed E-state index contributed by atoms with van der Waals surface area (Å²) >= 11 is 1.99. The molecule has 21 heavy (non-hydrogen) atoms. The average Bonchev–Trinajstić information content (AvgIpc) is 2.94. The second kappa shape index (κ2) is 7.26. The molecule has 0 saturated carbocycles. The molecule has 120 valence electrons. The second-order valence-electron chi connectivity index (χ2n) is 6.81. The van der Waals surface area contributed by atoms with Crippen LogP contribution in [0.5, 0.6) is 0 Å².